The van der Waals surface area contributed by atoms with E-state index in [1.807, 2.05) is 48.5 Å². The van der Waals surface area contributed by atoms with Gasteiger partial charge in [0.1, 0.15) is 0 Å². The standard InChI is InChI=1S/C13H24N2O5.C3H6.2C2H6.CH4O/c1-13(2)19-10(11(7-14)20-13)6-9(15-8-16)4-5-12(17)18-3;1-3-2;3*1-2/h8-11H,4-7,14H2,1-3H3,(H,15,16);3H,1H2,2H3;2*1-2H3;2H,1H3. The first-order valence-electron chi connectivity index (χ1n) is 10.2. The Morgan fingerprint density at radius 3 is 2.07 bits per heavy atom. The van der Waals surface area contributed by atoms with Gasteiger partial charge < -0.3 is 30.4 Å². The number of esters is 1. The van der Waals surface area contributed by atoms with Gasteiger partial charge in [0.15, 0.2) is 5.79 Å². The molecule has 0 bridgehead atoms. The Morgan fingerprint density at radius 1 is 1.24 bits per heavy atom. The van der Waals surface area contributed by atoms with Crippen molar-refractivity contribution in [1.82, 2.24) is 5.32 Å². The number of carbonyl (C=O) groups is 2. The molecule has 3 atom stereocenters. The van der Waals surface area contributed by atoms with E-state index in [0.29, 0.717) is 25.8 Å². The van der Waals surface area contributed by atoms with Gasteiger partial charge in [0.2, 0.25) is 6.41 Å². The molecule has 0 aliphatic carbocycles. The zero-order chi connectivity index (χ0) is 23.9. The molecule has 0 aromatic heterocycles. The average Bonchev–Trinajstić information content (AvgIpc) is 3.04. The maximum atomic E-state index is 11.2. The van der Waals surface area contributed by atoms with Crippen molar-refractivity contribution in [2.24, 2.45) is 5.73 Å². The summed E-state index contributed by atoms with van der Waals surface area (Å²) in [4.78, 5) is 21.8. The van der Waals surface area contributed by atoms with E-state index in [0.717, 1.165) is 7.11 Å². The van der Waals surface area contributed by atoms with Crippen molar-refractivity contribution in [3.8, 4) is 0 Å². The van der Waals surface area contributed by atoms with Crippen LogP contribution in [0.5, 0.6) is 0 Å². The Hall–Kier alpha value is -1.48. The lowest BCUT2D eigenvalue weighted by atomic mass is 10.0. The molecule has 1 heterocycles. The maximum Gasteiger partial charge on any atom is 0.305 e. The molecule has 29 heavy (non-hydrogen) atoms. The Morgan fingerprint density at radius 2 is 1.69 bits per heavy atom. The fourth-order valence-corrected chi connectivity index (χ4v) is 2.35. The van der Waals surface area contributed by atoms with E-state index in [9.17, 15) is 9.59 Å². The summed E-state index contributed by atoms with van der Waals surface area (Å²) in [5, 5.41) is 9.70. The summed E-state index contributed by atoms with van der Waals surface area (Å²) in [6, 6.07) is -0.178. The number of hydrogen-bond acceptors (Lipinski definition) is 7. The lowest BCUT2D eigenvalue weighted by Crippen LogP contribution is -2.38. The van der Waals surface area contributed by atoms with Gasteiger partial charge in [-0.3, -0.25) is 9.59 Å². The number of allylic oxidation sites excluding steroid dienone is 1. The summed E-state index contributed by atoms with van der Waals surface area (Å²) < 4.78 is 16.1. The highest BCUT2D eigenvalue weighted by molar-refractivity contribution is 5.69. The Balaban J connectivity index is -0.000000301. The minimum Gasteiger partial charge on any atom is -0.469 e. The van der Waals surface area contributed by atoms with Crippen LogP contribution in [0.3, 0.4) is 0 Å². The predicted octanol–water partition coefficient (Wildman–Crippen LogP) is 2.78. The molecule has 0 saturated carbocycles. The van der Waals surface area contributed by atoms with E-state index in [2.05, 4.69) is 16.6 Å². The van der Waals surface area contributed by atoms with Crippen LogP contribution in [0.2, 0.25) is 0 Å². The van der Waals surface area contributed by atoms with Gasteiger partial charge in [-0.15, -0.1) is 6.58 Å². The predicted molar refractivity (Wildman–Crippen MR) is 118 cm³/mol. The Kier molecular flexibility index (Phi) is 29.6. The second-order valence-corrected chi connectivity index (χ2v) is 5.69. The van der Waals surface area contributed by atoms with Crippen molar-refractivity contribution >= 4 is 12.4 Å². The van der Waals surface area contributed by atoms with Crippen LogP contribution in [0.1, 0.15) is 67.7 Å². The number of ether oxygens (including phenoxy) is 3. The molecule has 8 heteroatoms. The summed E-state index contributed by atoms with van der Waals surface area (Å²) in [5.74, 6) is -0.982. The monoisotopic (exact) mass is 422 g/mol. The fourth-order valence-electron chi connectivity index (χ4n) is 2.35. The third-order valence-corrected chi connectivity index (χ3v) is 3.26. The van der Waals surface area contributed by atoms with Gasteiger partial charge in [0, 0.05) is 26.1 Å². The van der Waals surface area contributed by atoms with Crippen molar-refractivity contribution in [2.75, 3.05) is 20.8 Å². The molecule has 176 valence electrons. The minimum absolute atomic E-state index is 0.178. The smallest absolute Gasteiger partial charge is 0.305 e. The SMILES string of the molecule is C=CC.CC.CC.CO.COC(=O)CCC(CC1OC(C)(C)OC1CN)NC=O. The van der Waals surface area contributed by atoms with Crippen molar-refractivity contribution in [3.05, 3.63) is 12.7 Å². The average molecular weight is 423 g/mol. The molecular weight excluding hydrogens is 376 g/mol. The largest absolute Gasteiger partial charge is 0.469 e. The Labute approximate surface area is 178 Å². The topological polar surface area (TPSA) is 120 Å². The van der Waals surface area contributed by atoms with E-state index < -0.39 is 5.79 Å². The highest BCUT2D eigenvalue weighted by Crippen LogP contribution is 2.30. The number of aliphatic hydroxyl groups excluding tert-OH is 1. The highest BCUT2D eigenvalue weighted by atomic mass is 16.7. The molecule has 1 saturated heterocycles. The van der Waals surface area contributed by atoms with Gasteiger partial charge in [-0.25, -0.2) is 0 Å². The van der Waals surface area contributed by atoms with Gasteiger partial charge in [-0.1, -0.05) is 33.8 Å². The molecule has 1 amide bonds. The third-order valence-electron chi connectivity index (χ3n) is 3.26. The maximum absolute atomic E-state index is 11.2. The molecule has 4 N–H and O–H groups in total. The summed E-state index contributed by atoms with van der Waals surface area (Å²) in [6.45, 7) is 17.2. The Bertz CT molecular complexity index is 378. The first-order chi connectivity index (χ1) is 13.8. The quantitative estimate of drug-likeness (QED) is 0.312. The first kappa shape index (κ1) is 35.0. The lowest BCUT2D eigenvalue weighted by Gasteiger charge is -2.22. The minimum atomic E-state index is -0.678. The third kappa shape index (κ3) is 19.6. The van der Waals surface area contributed by atoms with E-state index in [4.69, 9.17) is 20.3 Å². The molecule has 1 rings (SSSR count). The van der Waals surface area contributed by atoms with Crippen molar-refractivity contribution in [1.29, 1.82) is 0 Å². The van der Waals surface area contributed by atoms with Gasteiger partial charge in [0.05, 0.1) is 19.3 Å². The second-order valence-electron chi connectivity index (χ2n) is 5.69. The van der Waals surface area contributed by atoms with Crippen molar-refractivity contribution in [2.45, 2.75) is 91.8 Å². The highest BCUT2D eigenvalue weighted by Gasteiger charge is 2.41. The van der Waals surface area contributed by atoms with Crippen LogP contribution in [0, 0.1) is 0 Å². The number of methoxy groups -OCH3 is 1. The van der Waals surface area contributed by atoms with Gasteiger partial charge >= 0.3 is 5.97 Å². The summed E-state index contributed by atoms with van der Waals surface area (Å²) in [5.41, 5.74) is 5.67. The number of rotatable bonds is 8. The number of aliphatic hydroxyl groups is 1. The van der Waals surface area contributed by atoms with Gasteiger partial charge in [-0.05, 0) is 33.6 Å². The first-order valence-corrected chi connectivity index (χ1v) is 10.2. The van der Waals surface area contributed by atoms with Crippen molar-refractivity contribution < 1.29 is 28.9 Å². The molecule has 0 aromatic rings. The number of carbonyl (C=O) groups excluding carboxylic acids is 2. The summed E-state index contributed by atoms with van der Waals surface area (Å²) in [7, 11) is 2.34. The zero-order valence-electron chi connectivity index (χ0n) is 20.0. The van der Waals surface area contributed by atoms with Crippen LogP contribution in [-0.4, -0.2) is 62.3 Å². The van der Waals surface area contributed by atoms with E-state index >= 15 is 0 Å². The second kappa shape index (κ2) is 24.6. The van der Waals surface area contributed by atoms with Crippen LogP contribution < -0.4 is 11.1 Å². The van der Waals surface area contributed by atoms with Crippen LogP contribution in [0.25, 0.3) is 0 Å². The molecule has 3 unspecified atom stereocenters. The number of nitrogens with one attached hydrogen (secondary N) is 1. The van der Waals surface area contributed by atoms with Gasteiger partial charge in [-0.2, -0.15) is 0 Å². The van der Waals surface area contributed by atoms with E-state index in [1.165, 1.54) is 7.11 Å². The number of hydrogen-bond donors (Lipinski definition) is 3. The molecule has 0 radical (unpaired) electrons. The normalized spacial score (nSPS) is 19.0. The molecule has 0 aromatic carbocycles. The van der Waals surface area contributed by atoms with E-state index in [-0.39, 0.29) is 30.6 Å². The lowest BCUT2D eigenvalue weighted by molar-refractivity contribution is -0.147. The number of amides is 1. The fraction of sp³-hybridized carbons (Fsp3) is 0.810. The van der Waals surface area contributed by atoms with Crippen LogP contribution in [-0.2, 0) is 23.8 Å². The summed E-state index contributed by atoms with van der Waals surface area (Å²) >= 11 is 0. The molecule has 8 nitrogen and oxygen atoms in total. The molecule has 1 aliphatic rings. The van der Waals surface area contributed by atoms with Crippen LogP contribution in [0.4, 0.5) is 0 Å². The van der Waals surface area contributed by atoms with Crippen molar-refractivity contribution in [3.63, 3.8) is 0 Å². The zero-order valence-corrected chi connectivity index (χ0v) is 20.0. The molecular formula is C21H46N2O6. The molecule has 1 fully saturated rings. The van der Waals surface area contributed by atoms with E-state index in [1.54, 1.807) is 6.08 Å². The number of nitrogens with two attached hydrogens (primary N) is 1. The van der Waals surface area contributed by atoms with Gasteiger partial charge in [0.25, 0.3) is 0 Å². The molecule has 0 spiro atoms. The van der Waals surface area contributed by atoms with Crippen LogP contribution >= 0.6 is 0 Å². The summed E-state index contributed by atoms with van der Waals surface area (Å²) in [6.07, 6.45) is 3.24. The van der Waals surface area contributed by atoms with Crippen LogP contribution in [0.15, 0.2) is 12.7 Å². The molecule has 1 aliphatic heterocycles.